The van der Waals surface area contributed by atoms with E-state index in [1.165, 1.54) is 17.0 Å². The monoisotopic (exact) mass is 618 g/mol. The molecule has 2 aromatic rings. The van der Waals surface area contributed by atoms with Gasteiger partial charge in [0.05, 0.1) is 12.7 Å². The molecule has 242 valence electrons. The number of anilines is 1. The van der Waals surface area contributed by atoms with Crippen LogP contribution in [0, 0.1) is 0 Å². The third-order valence-corrected chi connectivity index (χ3v) is 8.50. The van der Waals surface area contributed by atoms with Crippen molar-refractivity contribution < 1.29 is 37.3 Å². The average molecular weight is 619 g/mol. The molecule has 2 fully saturated rings. The molecule has 2 aromatic carbocycles. The van der Waals surface area contributed by atoms with Gasteiger partial charge in [-0.3, -0.25) is 9.69 Å². The third kappa shape index (κ3) is 8.80. The highest BCUT2D eigenvalue weighted by Crippen LogP contribution is 2.41. The maximum Gasteiger partial charge on any atom is 0.416 e. The van der Waals surface area contributed by atoms with Gasteiger partial charge in [-0.05, 0) is 101 Å². The summed E-state index contributed by atoms with van der Waals surface area (Å²) in [6.07, 6.45) is -2.14. The van der Waals surface area contributed by atoms with E-state index in [9.17, 15) is 27.9 Å². The average Bonchev–Trinajstić information content (AvgIpc) is 3.32. The van der Waals surface area contributed by atoms with Crippen molar-refractivity contribution in [1.29, 1.82) is 0 Å². The molecule has 0 aromatic heterocycles. The number of carboxylic acid groups (broad SMARTS) is 1. The molecule has 1 amide bonds. The predicted octanol–water partition coefficient (Wildman–Crippen LogP) is 5.62. The van der Waals surface area contributed by atoms with E-state index in [1.54, 1.807) is 27.9 Å². The highest BCUT2D eigenvalue weighted by molar-refractivity contribution is 5.70. The second-order valence-corrected chi connectivity index (χ2v) is 12.8. The van der Waals surface area contributed by atoms with E-state index in [4.69, 9.17) is 9.47 Å². The molecule has 2 aliphatic rings. The van der Waals surface area contributed by atoms with Gasteiger partial charge in [0.15, 0.2) is 0 Å². The predicted molar refractivity (Wildman–Crippen MR) is 159 cm³/mol. The van der Waals surface area contributed by atoms with Crippen LogP contribution in [-0.4, -0.2) is 66.3 Å². The van der Waals surface area contributed by atoms with Gasteiger partial charge in [0.25, 0.3) is 0 Å². The molecule has 0 atom stereocenters. The number of rotatable bonds is 10. The van der Waals surface area contributed by atoms with Crippen LogP contribution in [0.25, 0.3) is 0 Å². The van der Waals surface area contributed by atoms with Gasteiger partial charge in [0.1, 0.15) is 17.4 Å². The van der Waals surface area contributed by atoms with E-state index in [0.29, 0.717) is 69.0 Å². The molecule has 0 unspecified atom stereocenters. The van der Waals surface area contributed by atoms with Gasteiger partial charge < -0.3 is 29.2 Å². The fourth-order valence-corrected chi connectivity index (χ4v) is 6.30. The Morgan fingerprint density at radius 1 is 0.977 bits per heavy atom. The molecule has 2 heterocycles. The van der Waals surface area contributed by atoms with Crippen LogP contribution in [-0.2, 0) is 28.8 Å². The summed E-state index contributed by atoms with van der Waals surface area (Å²) in [5.41, 5.74) is 0.276. The van der Waals surface area contributed by atoms with Crippen LogP contribution < -0.4 is 14.7 Å². The van der Waals surface area contributed by atoms with E-state index in [1.807, 2.05) is 35.2 Å². The SMILES string of the molecule is COc1ccc(CN(CCCC(=O)OC(C)(C)C)c2cc(CN3CCCC34CCN(C(=O)[O-])CC4)cc(C(F)(F)F)c2)cc1. The van der Waals surface area contributed by atoms with Crippen LogP contribution in [0.3, 0.4) is 0 Å². The lowest BCUT2D eigenvalue weighted by Gasteiger charge is -2.46. The van der Waals surface area contributed by atoms with Crippen molar-refractivity contribution in [2.75, 3.05) is 38.2 Å². The molecule has 0 bridgehead atoms. The van der Waals surface area contributed by atoms with Crippen LogP contribution in [0.5, 0.6) is 5.75 Å². The van der Waals surface area contributed by atoms with Crippen molar-refractivity contribution in [3.05, 3.63) is 59.2 Å². The first-order chi connectivity index (χ1) is 20.7. The van der Waals surface area contributed by atoms with E-state index >= 15 is 0 Å². The fraction of sp³-hybridized carbons (Fsp3) is 0.576. The molecular weight excluding hydrogens is 575 g/mol. The van der Waals surface area contributed by atoms with Crippen molar-refractivity contribution in [1.82, 2.24) is 9.80 Å². The number of hydrogen-bond donors (Lipinski definition) is 0. The zero-order valence-electron chi connectivity index (χ0n) is 26.0. The molecule has 8 nitrogen and oxygen atoms in total. The Hall–Kier alpha value is -3.47. The minimum absolute atomic E-state index is 0.140. The minimum Gasteiger partial charge on any atom is -0.530 e. The number of alkyl halides is 3. The molecule has 0 aliphatic carbocycles. The highest BCUT2D eigenvalue weighted by Gasteiger charge is 2.43. The largest absolute Gasteiger partial charge is 0.530 e. The number of halogens is 3. The molecule has 44 heavy (non-hydrogen) atoms. The summed E-state index contributed by atoms with van der Waals surface area (Å²) in [5.74, 6) is 0.326. The molecular formula is C33H43F3N3O5-. The van der Waals surface area contributed by atoms with E-state index < -0.39 is 23.4 Å². The van der Waals surface area contributed by atoms with Crippen LogP contribution in [0.15, 0.2) is 42.5 Å². The lowest BCUT2D eigenvalue weighted by molar-refractivity contribution is -0.267. The van der Waals surface area contributed by atoms with Crippen molar-refractivity contribution in [2.45, 2.75) is 89.7 Å². The summed E-state index contributed by atoms with van der Waals surface area (Å²) >= 11 is 0. The van der Waals surface area contributed by atoms with Crippen LogP contribution in [0.1, 0.15) is 76.0 Å². The van der Waals surface area contributed by atoms with Gasteiger partial charge in [0, 0.05) is 50.4 Å². The Labute approximate surface area is 257 Å². The topological polar surface area (TPSA) is 85.4 Å². The summed E-state index contributed by atoms with van der Waals surface area (Å²) < 4.78 is 53.4. The first kappa shape index (κ1) is 33.4. The lowest BCUT2D eigenvalue weighted by Crippen LogP contribution is -2.55. The normalized spacial score (nSPS) is 17.1. The number of carbonyl (C=O) groups excluding carboxylic acids is 2. The minimum atomic E-state index is -4.55. The van der Waals surface area contributed by atoms with Gasteiger partial charge >= 0.3 is 12.1 Å². The second kappa shape index (κ2) is 13.7. The molecule has 1 spiro atoms. The number of ether oxygens (including phenoxy) is 2. The van der Waals surface area contributed by atoms with Crippen molar-refractivity contribution in [2.24, 2.45) is 0 Å². The van der Waals surface area contributed by atoms with Gasteiger partial charge in [-0.1, -0.05) is 12.1 Å². The Bertz CT molecular complexity index is 1290. The van der Waals surface area contributed by atoms with Crippen LogP contribution in [0.4, 0.5) is 23.7 Å². The zero-order chi connectivity index (χ0) is 32.1. The van der Waals surface area contributed by atoms with Crippen LogP contribution >= 0.6 is 0 Å². The summed E-state index contributed by atoms with van der Waals surface area (Å²) in [6, 6.07) is 11.6. The maximum absolute atomic E-state index is 14.2. The molecule has 4 rings (SSSR count). The number of likely N-dealkylation sites (tertiary alicyclic amines) is 2. The van der Waals surface area contributed by atoms with E-state index in [-0.39, 0.29) is 17.9 Å². The Kier molecular flexibility index (Phi) is 10.4. The van der Waals surface area contributed by atoms with Crippen molar-refractivity contribution >= 4 is 17.7 Å². The zero-order valence-corrected chi connectivity index (χ0v) is 26.0. The smallest absolute Gasteiger partial charge is 0.416 e. The Morgan fingerprint density at radius 3 is 2.25 bits per heavy atom. The second-order valence-electron chi connectivity index (χ2n) is 12.8. The van der Waals surface area contributed by atoms with E-state index in [2.05, 4.69) is 4.90 Å². The first-order valence-corrected chi connectivity index (χ1v) is 15.2. The molecule has 0 saturated carbocycles. The fourth-order valence-electron chi connectivity index (χ4n) is 6.30. The number of esters is 1. The number of amides is 1. The molecule has 0 N–H and O–H groups in total. The number of benzene rings is 2. The summed E-state index contributed by atoms with van der Waals surface area (Å²) in [5, 5.41) is 11.4. The number of nitrogens with zero attached hydrogens (tertiary/aromatic N) is 3. The van der Waals surface area contributed by atoms with Crippen LogP contribution in [0.2, 0.25) is 0 Å². The molecule has 0 radical (unpaired) electrons. The summed E-state index contributed by atoms with van der Waals surface area (Å²) in [6.45, 7) is 7.86. The van der Waals surface area contributed by atoms with Crippen molar-refractivity contribution in [3.8, 4) is 5.75 Å². The molecule has 2 aliphatic heterocycles. The number of hydrogen-bond acceptors (Lipinski definition) is 7. The molecule has 11 heteroatoms. The van der Waals surface area contributed by atoms with Crippen molar-refractivity contribution in [3.63, 3.8) is 0 Å². The summed E-state index contributed by atoms with van der Waals surface area (Å²) in [4.78, 5) is 29.2. The summed E-state index contributed by atoms with van der Waals surface area (Å²) in [7, 11) is 1.57. The maximum atomic E-state index is 14.2. The van der Waals surface area contributed by atoms with Gasteiger partial charge in [-0.15, -0.1) is 0 Å². The van der Waals surface area contributed by atoms with Gasteiger partial charge in [-0.2, -0.15) is 13.2 Å². The lowest BCUT2D eigenvalue weighted by atomic mass is 9.85. The Morgan fingerprint density at radius 2 is 1.66 bits per heavy atom. The number of piperidine rings is 1. The first-order valence-electron chi connectivity index (χ1n) is 15.2. The highest BCUT2D eigenvalue weighted by atomic mass is 19.4. The number of methoxy groups -OCH3 is 1. The molecule has 2 saturated heterocycles. The van der Waals surface area contributed by atoms with Gasteiger partial charge in [0.2, 0.25) is 0 Å². The quantitative estimate of drug-likeness (QED) is 0.320. The van der Waals surface area contributed by atoms with Gasteiger partial charge in [-0.25, -0.2) is 0 Å². The third-order valence-electron chi connectivity index (χ3n) is 8.50. The standard InChI is InChI=1S/C33H44F3N3O5/c1-31(2,3)44-29(40)7-5-15-38(22-24-8-10-28(43-4)11-9-24)27-20-25(19-26(21-27)33(34,35)36)23-39-16-6-12-32(39)13-17-37(18-14-32)30(41)42/h8-11,19-21H,5-7,12-18,22-23H2,1-4H3,(H,41,42)/p-1. The van der Waals surface area contributed by atoms with E-state index in [0.717, 1.165) is 24.9 Å². The Balaban J connectivity index is 1.60. The number of carbonyl (C=O) groups is 2.